The minimum Gasteiger partial charge on any atom is -0.503 e. The number of ether oxygens (including phenoxy) is 3. The lowest BCUT2D eigenvalue weighted by Gasteiger charge is -2.22. The van der Waals surface area contributed by atoms with E-state index >= 15 is 0 Å². The van der Waals surface area contributed by atoms with Crippen LogP contribution in [0.3, 0.4) is 0 Å². The molecule has 0 saturated heterocycles. The lowest BCUT2D eigenvalue weighted by molar-refractivity contribution is -0.150. The molecule has 2 aromatic heterocycles. The third kappa shape index (κ3) is 6.50. The van der Waals surface area contributed by atoms with E-state index in [-0.39, 0.29) is 44.6 Å². The van der Waals surface area contributed by atoms with Crippen molar-refractivity contribution in [3.63, 3.8) is 0 Å². The van der Waals surface area contributed by atoms with Crippen LogP contribution in [0.4, 0.5) is 14.5 Å². The molecule has 220 valence electrons. The quantitative estimate of drug-likeness (QED) is 0.127. The zero-order valence-electron chi connectivity index (χ0n) is 21.7. The summed E-state index contributed by atoms with van der Waals surface area (Å²) < 4.78 is 43.5. The van der Waals surface area contributed by atoms with E-state index in [0.29, 0.717) is 23.7 Å². The van der Waals surface area contributed by atoms with Gasteiger partial charge in [-0.05, 0) is 65.4 Å². The van der Waals surface area contributed by atoms with Crippen molar-refractivity contribution >= 4 is 45.8 Å². The molecule has 2 aromatic carbocycles. The van der Waals surface area contributed by atoms with Crippen LogP contribution < -0.4 is 9.47 Å². The van der Waals surface area contributed by atoms with Gasteiger partial charge in [-0.2, -0.15) is 8.78 Å². The first-order valence-electron chi connectivity index (χ1n) is 12.7. The molecule has 1 saturated carbocycles. The van der Waals surface area contributed by atoms with Gasteiger partial charge in [-0.1, -0.05) is 29.3 Å². The summed E-state index contributed by atoms with van der Waals surface area (Å²) in [6.45, 7) is -3.32. The first-order valence-corrected chi connectivity index (χ1v) is 13.5. The number of nitrogens with zero attached hydrogens (tertiary/aromatic N) is 3. The number of nitroso groups, excluding NO2 is 1. The van der Waals surface area contributed by atoms with Gasteiger partial charge in [0.2, 0.25) is 5.88 Å². The van der Waals surface area contributed by atoms with Crippen LogP contribution in [0.1, 0.15) is 30.1 Å². The van der Waals surface area contributed by atoms with Crippen LogP contribution in [0, 0.1) is 10.8 Å². The minimum atomic E-state index is -3.08. The Balaban J connectivity index is 1.47. The Morgan fingerprint density at radius 2 is 1.83 bits per heavy atom. The second-order valence-electron chi connectivity index (χ2n) is 9.65. The van der Waals surface area contributed by atoms with Crippen molar-refractivity contribution in [1.82, 2.24) is 9.55 Å². The van der Waals surface area contributed by atoms with Crippen molar-refractivity contribution < 1.29 is 38.0 Å². The first-order chi connectivity index (χ1) is 20.1. The van der Waals surface area contributed by atoms with Crippen molar-refractivity contribution in [2.45, 2.75) is 38.5 Å². The van der Waals surface area contributed by atoms with Gasteiger partial charge in [0.15, 0.2) is 17.2 Å². The van der Waals surface area contributed by atoms with Crippen LogP contribution in [0.15, 0.2) is 54.0 Å². The molecular weight excluding hydrogens is 599 g/mol. The van der Waals surface area contributed by atoms with Crippen LogP contribution in [0.25, 0.3) is 10.9 Å². The van der Waals surface area contributed by atoms with Crippen LogP contribution in [0.5, 0.6) is 23.1 Å². The van der Waals surface area contributed by atoms with Gasteiger partial charge in [-0.15, -0.1) is 4.91 Å². The Hall–Kier alpha value is -4.16. The number of rotatable bonds is 12. The maximum Gasteiger partial charge on any atom is 0.387 e. The van der Waals surface area contributed by atoms with Crippen LogP contribution in [0.2, 0.25) is 10.0 Å². The fourth-order valence-electron chi connectivity index (χ4n) is 4.42. The molecule has 0 radical (unpaired) electrons. The Kier molecular flexibility index (Phi) is 8.64. The van der Waals surface area contributed by atoms with Crippen molar-refractivity contribution in [3.8, 4) is 23.1 Å². The molecule has 0 aliphatic heterocycles. The molecule has 0 unspecified atom stereocenters. The average molecular weight is 622 g/mol. The summed E-state index contributed by atoms with van der Waals surface area (Å²) in [5, 5.41) is 24.2. The number of aromatic nitrogens is 2. The van der Waals surface area contributed by atoms with Gasteiger partial charge in [0.05, 0.1) is 22.2 Å². The second-order valence-corrected chi connectivity index (χ2v) is 10.5. The number of carbonyl (C=O) groups excluding carboxylic acids is 1. The first kappa shape index (κ1) is 29.3. The van der Waals surface area contributed by atoms with E-state index in [9.17, 15) is 28.7 Å². The van der Waals surface area contributed by atoms with Gasteiger partial charge in [-0.25, -0.2) is 0 Å². The lowest BCUT2D eigenvalue weighted by atomic mass is 10.0. The predicted octanol–water partition coefficient (Wildman–Crippen LogP) is 7.07. The van der Waals surface area contributed by atoms with Crippen molar-refractivity contribution in [3.05, 3.63) is 74.9 Å². The molecule has 2 N–H and O–H groups in total. The molecule has 14 heteroatoms. The third-order valence-electron chi connectivity index (χ3n) is 6.73. The number of alkyl halides is 2. The Morgan fingerprint density at radius 1 is 1.10 bits per heavy atom. The fourth-order valence-corrected chi connectivity index (χ4v) is 4.94. The standard InChI is InChI=1S/C28H23Cl2F2N3O7/c29-19-10-33-11-20(30)17(19)9-23(15-3-6-22(42-28(31)32)24(7-15)40-13-14-1-2-14)41-25(36)12-35-21-5-4-16(34-39)8-18(21)26(37)27(35)38/h3-8,10-11,14,23,28,37-38H,1-2,9,12-13H2/t23-/m0/s1. The molecular formula is C28H23Cl2F2N3O7. The molecule has 0 amide bonds. The highest BCUT2D eigenvalue weighted by Crippen LogP contribution is 2.40. The molecule has 4 aromatic rings. The van der Waals surface area contributed by atoms with Gasteiger partial charge in [0, 0.05) is 24.2 Å². The number of carbonyl (C=O) groups is 1. The topological polar surface area (TPSA) is 132 Å². The average Bonchev–Trinajstić information content (AvgIpc) is 3.76. The number of esters is 1. The predicted molar refractivity (Wildman–Crippen MR) is 149 cm³/mol. The smallest absolute Gasteiger partial charge is 0.387 e. The summed E-state index contributed by atoms with van der Waals surface area (Å²) in [6, 6.07) is 8.23. The summed E-state index contributed by atoms with van der Waals surface area (Å²) in [6.07, 6.45) is 3.60. The van der Waals surface area contributed by atoms with E-state index < -0.39 is 36.9 Å². The second kappa shape index (κ2) is 12.4. The summed E-state index contributed by atoms with van der Waals surface area (Å²) in [5.41, 5.74) is 1.05. The van der Waals surface area contributed by atoms with Crippen LogP contribution in [-0.2, 0) is 22.5 Å². The number of hydrogen-bond donors (Lipinski definition) is 2. The normalized spacial score (nSPS) is 13.7. The molecule has 10 nitrogen and oxygen atoms in total. The summed E-state index contributed by atoms with van der Waals surface area (Å²) in [7, 11) is 0. The molecule has 5 rings (SSSR count). The Labute approximate surface area is 247 Å². The molecule has 2 heterocycles. The SMILES string of the molecule is O=Nc1ccc2c(c1)c(O)c(O)n2CC(=O)O[C@@H](Cc1c(Cl)cncc1Cl)c1ccc(OC(F)F)c(OCC2CC2)c1. The molecule has 0 bridgehead atoms. The van der Waals surface area contributed by atoms with Crippen LogP contribution >= 0.6 is 23.2 Å². The monoisotopic (exact) mass is 621 g/mol. The van der Waals surface area contributed by atoms with E-state index in [1.54, 1.807) is 0 Å². The highest BCUT2D eigenvalue weighted by Gasteiger charge is 2.27. The summed E-state index contributed by atoms with van der Waals surface area (Å²) in [5.74, 6) is -1.81. The van der Waals surface area contributed by atoms with E-state index in [4.69, 9.17) is 32.7 Å². The zero-order chi connectivity index (χ0) is 30.0. The number of aromatic hydroxyl groups is 2. The number of pyridine rings is 1. The Bertz CT molecular complexity index is 1630. The number of fused-ring (bicyclic) bond motifs is 1. The summed E-state index contributed by atoms with van der Waals surface area (Å²) in [4.78, 5) is 28.1. The van der Waals surface area contributed by atoms with Gasteiger partial charge >= 0.3 is 12.6 Å². The summed E-state index contributed by atoms with van der Waals surface area (Å²) >= 11 is 12.7. The van der Waals surface area contributed by atoms with Crippen LogP contribution in [-0.4, -0.2) is 39.0 Å². The van der Waals surface area contributed by atoms with Crippen molar-refractivity contribution in [1.29, 1.82) is 0 Å². The third-order valence-corrected chi connectivity index (χ3v) is 7.38. The number of benzene rings is 2. The van der Waals surface area contributed by atoms with Gasteiger partial charge < -0.3 is 24.4 Å². The molecule has 42 heavy (non-hydrogen) atoms. The molecule has 1 aliphatic carbocycles. The number of halogens is 4. The van der Waals surface area contributed by atoms with E-state index in [1.807, 2.05) is 0 Å². The van der Waals surface area contributed by atoms with E-state index in [0.717, 1.165) is 17.4 Å². The molecule has 1 aliphatic rings. The number of hydrogen-bond acceptors (Lipinski definition) is 9. The lowest BCUT2D eigenvalue weighted by Crippen LogP contribution is -2.19. The van der Waals surface area contributed by atoms with Crippen molar-refractivity contribution in [2.24, 2.45) is 11.1 Å². The molecule has 1 atom stereocenters. The van der Waals surface area contributed by atoms with E-state index in [2.05, 4.69) is 14.9 Å². The zero-order valence-corrected chi connectivity index (χ0v) is 23.2. The Morgan fingerprint density at radius 3 is 2.50 bits per heavy atom. The minimum absolute atomic E-state index is 0.0164. The van der Waals surface area contributed by atoms with Gasteiger partial charge in [0.1, 0.15) is 18.3 Å². The highest BCUT2D eigenvalue weighted by atomic mass is 35.5. The maximum absolute atomic E-state index is 13.3. The highest BCUT2D eigenvalue weighted by molar-refractivity contribution is 6.35. The molecule has 1 fully saturated rings. The maximum atomic E-state index is 13.3. The van der Waals surface area contributed by atoms with Gasteiger partial charge in [-0.3, -0.25) is 14.3 Å². The largest absolute Gasteiger partial charge is 0.503 e. The van der Waals surface area contributed by atoms with Gasteiger partial charge in [0.25, 0.3) is 0 Å². The fraction of sp³-hybridized carbons (Fsp3) is 0.286. The van der Waals surface area contributed by atoms with E-state index in [1.165, 1.54) is 48.8 Å². The van der Waals surface area contributed by atoms with Crippen molar-refractivity contribution in [2.75, 3.05) is 6.61 Å². The molecule has 0 spiro atoms.